The van der Waals surface area contributed by atoms with Gasteiger partial charge in [0.25, 0.3) is 0 Å². The first-order valence-electron chi connectivity index (χ1n) is 8.43. The number of hydrogen-bond acceptors (Lipinski definition) is 2. The summed E-state index contributed by atoms with van der Waals surface area (Å²) in [5, 5.41) is 10.8. The molecule has 25 heavy (non-hydrogen) atoms. The van der Waals surface area contributed by atoms with Gasteiger partial charge in [0.1, 0.15) is 0 Å². The molecule has 1 atom stereocenters. The van der Waals surface area contributed by atoms with Crippen molar-refractivity contribution in [3.63, 3.8) is 0 Å². The lowest BCUT2D eigenvalue weighted by molar-refractivity contribution is -0.145. The van der Waals surface area contributed by atoms with Gasteiger partial charge in [-0.05, 0) is 35.1 Å². The van der Waals surface area contributed by atoms with Crippen LogP contribution in [0.25, 0.3) is 10.9 Å². The monoisotopic (exact) mass is 362 g/mol. The number of aliphatic carboxylic acids is 1. The summed E-state index contributed by atoms with van der Waals surface area (Å²) in [6.45, 7) is 7.28. The minimum absolute atomic E-state index is 0.0718. The Labute approximate surface area is 152 Å². The average molecular weight is 363 g/mol. The maximum absolute atomic E-state index is 13.0. The number of nitrogens with zero attached hydrogens (tertiary/aromatic N) is 1. The predicted molar refractivity (Wildman–Crippen MR) is 97.6 cm³/mol. The SMILES string of the molecule is CC(C)(C)CN1Cc2c(cc(Cl)c3[nH]ccc23)C[C@@H](CC(=O)O)C1=O. The van der Waals surface area contributed by atoms with E-state index in [1.165, 1.54) is 0 Å². The molecule has 0 spiro atoms. The molecule has 2 N–H and O–H groups in total. The molecule has 0 bridgehead atoms. The van der Waals surface area contributed by atoms with Crippen molar-refractivity contribution in [2.45, 2.75) is 40.2 Å². The number of benzene rings is 1. The van der Waals surface area contributed by atoms with Gasteiger partial charge in [-0.3, -0.25) is 9.59 Å². The van der Waals surface area contributed by atoms with E-state index < -0.39 is 11.9 Å². The van der Waals surface area contributed by atoms with Crippen molar-refractivity contribution < 1.29 is 14.7 Å². The van der Waals surface area contributed by atoms with Gasteiger partial charge in [-0.1, -0.05) is 32.4 Å². The van der Waals surface area contributed by atoms with Gasteiger partial charge < -0.3 is 15.0 Å². The maximum atomic E-state index is 13.0. The van der Waals surface area contributed by atoms with Gasteiger partial charge in [-0.2, -0.15) is 0 Å². The van der Waals surface area contributed by atoms with Crippen LogP contribution in [0.5, 0.6) is 0 Å². The highest BCUT2D eigenvalue weighted by atomic mass is 35.5. The zero-order valence-electron chi connectivity index (χ0n) is 14.7. The molecule has 0 unspecified atom stereocenters. The highest BCUT2D eigenvalue weighted by Gasteiger charge is 2.34. The number of amides is 1. The molecule has 1 amide bonds. The number of halogens is 1. The van der Waals surface area contributed by atoms with Crippen molar-refractivity contribution >= 4 is 34.4 Å². The summed E-state index contributed by atoms with van der Waals surface area (Å²) in [5.41, 5.74) is 2.82. The van der Waals surface area contributed by atoms with Crippen LogP contribution in [0.2, 0.25) is 5.02 Å². The Kier molecular flexibility index (Phi) is 4.54. The van der Waals surface area contributed by atoms with Crippen molar-refractivity contribution in [3.05, 3.63) is 34.5 Å². The molecule has 0 saturated carbocycles. The van der Waals surface area contributed by atoms with E-state index >= 15 is 0 Å². The highest BCUT2D eigenvalue weighted by Crippen LogP contribution is 2.35. The van der Waals surface area contributed by atoms with E-state index in [9.17, 15) is 14.7 Å². The van der Waals surface area contributed by atoms with Crippen molar-refractivity contribution in [2.24, 2.45) is 11.3 Å². The van der Waals surface area contributed by atoms with Gasteiger partial charge in [0.05, 0.1) is 22.9 Å². The summed E-state index contributed by atoms with van der Waals surface area (Å²) in [4.78, 5) is 29.2. The van der Waals surface area contributed by atoms with Crippen molar-refractivity contribution in [3.8, 4) is 0 Å². The highest BCUT2D eigenvalue weighted by molar-refractivity contribution is 6.35. The molecule has 1 aromatic carbocycles. The molecule has 0 fully saturated rings. The fraction of sp³-hybridized carbons (Fsp3) is 0.474. The first-order valence-corrected chi connectivity index (χ1v) is 8.81. The third-order valence-corrected chi connectivity index (χ3v) is 4.86. The Hall–Kier alpha value is -2.01. The van der Waals surface area contributed by atoms with E-state index in [2.05, 4.69) is 25.8 Å². The lowest BCUT2D eigenvalue weighted by atomic mass is 9.92. The van der Waals surface area contributed by atoms with Gasteiger partial charge in [-0.25, -0.2) is 0 Å². The van der Waals surface area contributed by atoms with Crippen LogP contribution in [-0.2, 0) is 22.6 Å². The Balaban J connectivity index is 2.11. The molecule has 1 aromatic heterocycles. The summed E-state index contributed by atoms with van der Waals surface area (Å²) >= 11 is 6.38. The number of carbonyl (C=O) groups is 2. The van der Waals surface area contributed by atoms with Crippen molar-refractivity contribution in [2.75, 3.05) is 6.54 Å². The van der Waals surface area contributed by atoms with E-state index in [1.807, 2.05) is 18.3 Å². The molecular weight excluding hydrogens is 340 g/mol. The zero-order chi connectivity index (χ0) is 18.4. The van der Waals surface area contributed by atoms with Crippen LogP contribution >= 0.6 is 11.6 Å². The van der Waals surface area contributed by atoms with Gasteiger partial charge in [0.15, 0.2) is 0 Å². The Morgan fingerprint density at radius 2 is 2.16 bits per heavy atom. The number of carboxylic acids is 1. The second-order valence-corrected chi connectivity index (χ2v) is 8.42. The minimum Gasteiger partial charge on any atom is -0.481 e. The van der Waals surface area contributed by atoms with Gasteiger partial charge >= 0.3 is 5.97 Å². The van der Waals surface area contributed by atoms with E-state index in [4.69, 9.17) is 11.6 Å². The van der Waals surface area contributed by atoms with Crippen molar-refractivity contribution in [1.29, 1.82) is 0 Å². The number of H-pyrrole nitrogens is 1. The molecule has 6 heteroatoms. The smallest absolute Gasteiger partial charge is 0.304 e. The van der Waals surface area contributed by atoms with Crippen LogP contribution in [0.4, 0.5) is 0 Å². The standard InChI is InChI=1S/C19H23ClN2O3/c1-19(2,3)10-22-9-14-11(6-12(18(22)25)8-16(23)24)7-15(20)17-13(14)4-5-21-17/h4-5,7,12,21H,6,8-10H2,1-3H3,(H,23,24)/t12-/m0/s1. The normalized spacial score (nSPS) is 18.3. The molecule has 134 valence electrons. The summed E-state index contributed by atoms with van der Waals surface area (Å²) in [7, 11) is 0. The number of rotatable bonds is 3. The average Bonchev–Trinajstić information content (AvgIpc) is 2.93. The second-order valence-electron chi connectivity index (χ2n) is 8.02. The van der Waals surface area contributed by atoms with Crippen LogP contribution in [0.15, 0.2) is 18.3 Å². The first kappa shape index (κ1) is 17.8. The van der Waals surface area contributed by atoms with Gasteiger partial charge in [-0.15, -0.1) is 0 Å². The molecular formula is C19H23ClN2O3. The molecule has 2 heterocycles. The number of fused-ring (bicyclic) bond motifs is 3. The van der Waals surface area contributed by atoms with Crippen LogP contribution < -0.4 is 0 Å². The summed E-state index contributed by atoms with van der Waals surface area (Å²) in [6, 6.07) is 3.84. The Bertz CT molecular complexity index is 835. The van der Waals surface area contributed by atoms with Gasteiger partial charge in [0, 0.05) is 24.7 Å². The molecule has 5 nitrogen and oxygen atoms in total. The quantitative estimate of drug-likeness (QED) is 0.871. The van der Waals surface area contributed by atoms with E-state index in [1.54, 1.807) is 4.90 Å². The zero-order valence-corrected chi connectivity index (χ0v) is 15.5. The number of aromatic amines is 1. The fourth-order valence-electron chi connectivity index (χ4n) is 3.63. The first-order chi connectivity index (χ1) is 11.7. The third-order valence-electron chi connectivity index (χ3n) is 4.56. The largest absolute Gasteiger partial charge is 0.481 e. The topological polar surface area (TPSA) is 73.4 Å². The van der Waals surface area contributed by atoms with Crippen LogP contribution in [0.1, 0.15) is 38.3 Å². The molecule has 0 saturated heterocycles. The fourth-order valence-corrected chi connectivity index (χ4v) is 3.92. The lowest BCUT2D eigenvalue weighted by Gasteiger charge is -2.31. The number of nitrogens with one attached hydrogen (secondary N) is 1. The Morgan fingerprint density at radius 3 is 2.80 bits per heavy atom. The molecule has 2 aromatic rings. The summed E-state index contributed by atoms with van der Waals surface area (Å²) in [5.74, 6) is -1.60. The number of hydrogen-bond donors (Lipinski definition) is 2. The van der Waals surface area contributed by atoms with Crippen LogP contribution in [-0.4, -0.2) is 33.4 Å². The lowest BCUT2D eigenvalue weighted by Crippen LogP contribution is -2.40. The molecule has 3 rings (SSSR count). The molecule has 1 aliphatic heterocycles. The van der Waals surface area contributed by atoms with E-state index in [0.29, 0.717) is 24.5 Å². The van der Waals surface area contributed by atoms with E-state index in [-0.39, 0.29) is 17.7 Å². The third kappa shape index (κ3) is 3.66. The second kappa shape index (κ2) is 6.37. The van der Waals surface area contributed by atoms with Gasteiger partial charge in [0.2, 0.25) is 5.91 Å². The maximum Gasteiger partial charge on any atom is 0.304 e. The predicted octanol–water partition coefficient (Wildman–Crippen LogP) is 3.84. The van der Waals surface area contributed by atoms with Crippen molar-refractivity contribution in [1.82, 2.24) is 9.88 Å². The van der Waals surface area contributed by atoms with E-state index in [0.717, 1.165) is 22.0 Å². The number of carboxylic acid groups (broad SMARTS) is 1. The summed E-state index contributed by atoms with van der Waals surface area (Å²) in [6.07, 6.45) is 2.08. The Morgan fingerprint density at radius 1 is 1.44 bits per heavy atom. The minimum atomic E-state index is -0.952. The number of carbonyl (C=O) groups excluding carboxylic acids is 1. The summed E-state index contributed by atoms with van der Waals surface area (Å²) < 4.78 is 0. The van der Waals surface area contributed by atoms with Crippen LogP contribution in [0.3, 0.4) is 0 Å². The number of aromatic nitrogens is 1. The molecule has 1 aliphatic rings. The van der Waals surface area contributed by atoms with Crippen LogP contribution in [0, 0.1) is 11.3 Å². The molecule has 0 aliphatic carbocycles. The molecule has 0 radical (unpaired) electrons.